The highest BCUT2D eigenvalue weighted by molar-refractivity contribution is 7.80. The third kappa shape index (κ3) is 5.18. The number of hydrogen-bond donors (Lipinski definition) is 2. The van der Waals surface area contributed by atoms with E-state index in [0.717, 1.165) is 35.0 Å². The Balaban J connectivity index is 1.86. The maximum atomic E-state index is 6.12. The summed E-state index contributed by atoms with van der Waals surface area (Å²) < 4.78 is 0. The van der Waals surface area contributed by atoms with Gasteiger partial charge in [-0.1, -0.05) is 38.4 Å². The minimum atomic E-state index is 0.389. The third-order valence-corrected chi connectivity index (χ3v) is 5.22. The van der Waals surface area contributed by atoms with Gasteiger partial charge in [0.05, 0.1) is 0 Å². The Morgan fingerprint density at radius 2 is 1.91 bits per heavy atom. The molecule has 0 radical (unpaired) electrons. The molecule has 1 aromatic rings. The number of rotatable bonds is 2. The van der Waals surface area contributed by atoms with Gasteiger partial charge in [0.25, 0.3) is 0 Å². The molecule has 1 saturated carbocycles. The second kappa shape index (κ2) is 7.63. The Bertz CT molecular complexity index is 595. The zero-order valence-corrected chi connectivity index (χ0v) is 15.9. The molecular formula is C18H26ClN3S. The predicted molar refractivity (Wildman–Crippen MR) is 104 cm³/mol. The van der Waals surface area contributed by atoms with E-state index in [9.17, 15) is 0 Å². The average molecular weight is 352 g/mol. The SMILES string of the molecule is Cc1c(Cl)cccc1NC(=S)NN=C1CCC(C(C)(C)C)CC1. The molecule has 5 heteroatoms. The molecule has 2 N–H and O–H groups in total. The van der Waals surface area contributed by atoms with Gasteiger partial charge < -0.3 is 5.32 Å². The number of benzene rings is 1. The first-order chi connectivity index (χ1) is 10.8. The molecule has 0 unspecified atom stereocenters. The van der Waals surface area contributed by atoms with E-state index in [1.54, 1.807) is 0 Å². The molecule has 126 valence electrons. The molecule has 0 heterocycles. The van der Waals surface area contributed by atoms with Crippen molar-refractivity contribution in [2.75, 3.05) is 5.32 Å². The smallest absolute Gasteiger partial charge is 0.191 e. The minimum absolute atomic E-state index is 0.389. The van der Waals surface area contributed by atoms with Gasteiger partial charge in [-0.15, -0.1) is 0 Å². The first-order valence-electron chi connectivity index (χ1n) is 8.15. The molecule has 2 rings (SSSR count). The van der Waals surface area contributed by atoms with Crippen molar-refractivity contribution in [1.29, 1.82) is 0 Å². The Morgan fingerprint density at radius 1 is 1.26 bits per heavy atom. The maximum absolute atomic E-state index is 6.12. The van der Waals surface area contributed by atoms with Crippen molar-refractivity contribution in [2.45, 2.75) is 53.4 Å². The van der Waals surface area contributed by atoms with Gasteiger partial charge in [0.2, 0.25) is 0 Å². The van der Waals surface area contributed by atoms with Crippen LogP contribution in [0, 0.1) is 18.3 Å². The van der Waals surface area contributed by atoms with E-state index in [0.29, 0.717) is 10.5 Å². The number of anilines is 1. The zero-order chi connectivity index (χ0) is 17.0. The zero-order valence-electron chi connectivity index (χ0n) is 14.4. The lowest BCUT2D eigenvalue weighted by molar-refractivity contribution is 0.208. The van der Waals surface area contributed by atoms with Crippen LogP contribution in [0.4, 0.5) is 5.69 Å². The monoisotopic (exact) mass is 351 g/mol. The Morgan fingerprint density at radius 3 is 2.52 bits per heavy atom. The van der Waals surface area contributed by atoms with Crippen LogP contribution in [0.25, 0.3) is 0 Å². The molecule has 3 nitrogen and oxygen atoms in total. The fraction of sp³-hybridized carbons (Fsp3) is 0.556. The van der Waals surface area contributed by atoms with Crippen LogP contribution in [0.5, 0.6) is 0 Å². The molecule has 0 amide bonds. The quantitative estimate of drug-likeness (QED) is 0.543. The standard InChI is InChI=1S/C18H26ClN3S/c1-12-15(19)6-5-7-16(12)20-17(23)22-21-14-10-8-13(9-11-14)18(2,3)4/h5-7,13H,8-11H2,1-4H3,(H2,20,22,23). The van der Waals surface area contributed by atoms with Crippen molar-refractivity contribution < 1.29 is 0 Å². The van der Waals surface area contributed by atoms with Crippen molar-refractivity contribution >= 4 is 40.3 Å². The summed E-state index contributed by atoms with van der Waals surface area (Å²) in [4.78, 5) is 0. The summed E-state index contributed by atoms with van der Waals surface area (Å²) in [5, 5.41) is 8.86. The third-order valence-electron chi connectivity index (χ3n) is 4.62. The van der Waals surface area contributed by atoms with Crippen molar-refractivity contribution in [3.63, 3.8) is 0 Å². The average Bonchev–Trinajstić information content (AvgIpc) is 2.49. The molecule has 0 bridgehead atoms. The highest BCUT2D eigenvalue weighted by Gasteiger charge is 2.28. The largest absolute Gasteiger partial charge is 0.331 e. The van der Waals surface area contributed by atoms with Gasteiger partial charge in [0.15, 0.2) is 5.11 Å². The molecule has 23 heavy (non-hydrogen) atoms. The van der Waals surface area contributed by atoms with Crippen LogP contribution in [0.2, 0.25) is 5.02 Å². The van der Waals surface area contributed by atoms with Crippen LogP contribution in [0.15, 0.2) is 23.3 Å². The molecule has 1 aromatic carbocycles. The van der Waals surface area contributed by atoms with E-state index in [-0.39, 0.29) is 0 Å². The van der Waals surface area contributed by atoms with Gasteiger partial charge in [-0.25, -0.2) is 0 Å². The lowest BCUT2D eigenvalue weighted by Gasteiger charge is -2.34. The van der Waals surface area contributed by atoms with Crippen molar-refractivity contribution in [3.8, 4) is 0 Å². The summed E-state index contributed by atoms with van der Waals surface area (Å²) in [6, 6.07) is 5.73. The summed E-state index contributed by atoms with van der Waals surface area (Å²) in [7, 11) is 0. The minimum Gasteiger partial charge on any atom is -0.331 e. The van der Waals surface area contributed by atoms with Crippen LogP contribution < -0.4 is 10.7 Å². The fourth-order valence-electron chi connectivity index (χ4n) is 2.95. The first kappa shape index (κ1) is 18.2. The molecule has 0 spiro atoms. The van der Waals surface area contributed by atoms with Gasteiger partial charge in [-0.2, -0.15) is 5.10 Å². The number of hydrogen-bond acceptors (Lipinski definition) is 2. The van der Waals surface area contributed by atoms with Gasteiger partial charge >= 0.3 is 0 Å². The van der Waals surface area contributed by atoms with Gasteiger partial charge in [0, 0.05) is 16.4 Å². The molecular weight excluding hydrogens is 326 g/mol. The van der Waals surface area contributed by atoms with E-state index in [1.165, 1.54) is 18.6 Å². The molecule has 0 aliphatic heterocycles. The molecule has 0 saturated heterocycles. The summed E-state index contributed by atoms with van der Waals surface area (Å²) in [5.41, 5.74) is 6.45. The molecule has 1 aliphatic carbocycles. The summed E-state index contributed by atoms with van der Waals surface area (Å²) >= 11 is 11.4. The fourth-order valence-corrected chi connectivity index (χ4v) is 3.28. The lowest BCUT2D eigenvalue weighted by Crippen LogP contribution is -2.29. The second-order valence-corrected chi connectivity index (χ2v) is 8.11. The van der Waals surface area contributed by atoms with Gasteiger partial charge in [0.1, 0.15) is 0 Å². The number of hydrazone groups is 1. The van der Waals surface area contributed by atoms with Crippen molar-refractivity contribution in [3.05, 3.63) is 28.8 Å². The molecule has 0 atom stereocenters. The van der Waals surface area contributed by atoms with Crippen molar-refractivity contribution in [1.82, 2.24) is 5.43 Å². The Labute approximate surface area is 149 Å². The first-order valence-corrected chi connectivity index (χ1v) is 8.93. The molecule has 1 fully saturated rings. The van der Waals surface area contributed by atoms with Gasteiger partial charge in [-0.3, -0.25) is 5.43 Å². The summed E-state index contributed by atoms with van der Waals surface area (Å²) in [5.74, 6) is 0.778. The lowest BCUT2D eigenvalue weighted by atomic mass is 9.72. The van der Waals surface area contributed by atoms with Crippen molar-refractivity contribution in [2.24, 2.45) is 16.4 Å². The van der Waals surface area contributed by atoms with E-state index in [4.69, 9.17) is 23.8 Å². The normalized spacial score (nSPS) is 18.5. The van der Waals surface area contributed by atoms with E-state index < -0.39 is 0 Å². The van der Waals surface area contributed by atoms with Crippen LogP contribution in [-0.4, -0.2) is 10.8 Å². The van der Waals surface area contributed by atoms with E-state index in [1.807, 2.05) is 25.1 Å². The maximum Gasteiger partial charge on any atom is 0.191 e. The Kier molecular flexibility index (Phi) is 6.04. The van der Waals surface area contributed by atoms with E-state index in [2.05, 4.69) is 36.6 Å². The van der Waals surface area contributed by atoms with Crippen LogP contribution in [-0.2, 0) is 0 Å². The number of nitrogens with one attached hydrogen (secondary N) is 2. The van der Waals surface area contributed by atoms with E-state index >= 15 is 0 Å². The molecule has 1 aliphatic rings. The molecule has 0 aromatic heterocycles. The Hall–Kier alpha value is -1.13. The number of thiocarbonyl (C=S) groups is 1. The van der Waals surface area contributed by atoms with Crippen LogP contribution >= 0.6 is 23.8 Å². The highest BCUT2D eigenvalue weighted by Crippen LogP contribution is 2.36. The second-order valence-electron chi connectivity index (χ2n) is 7.30. The predicted octanol–water partition coefficient (Wildman–Crippen LogP) is 5.53. The van der Waals surface area contributed by atoms with Crippen LogP contribution in [0.3, 0.4) is 0 Å². The topological polar surface area (TPSA) is 36.4 Å². The highest BCUT2D eigenvalue weighted by atomic mass is 35.5. The number of nitrogens with zero attached hydrogens (tertiary/aromatic N) is 1. The summed E-state index contributed by atoms with van der Waals surface area (Å²) in [6.07, 6.45) is 4.51. The van der Waals surface area contributed by atoms with Gasteiger partial charge in [-0.05, 0) is 73.9 Å². The van der Waals surface area contributed by atoms with Crippen LogP contribution in [0.1, 0.15) is 52.0 Å². The summed E-state index contributed by atoms with van der Waals surface area (Å²) in [6.45, 7) is 8.94. The number of halogens is 1.